The van der Waals surface area contributed by atoms with Gasteiger partial charge >= 0.3 is 0 Å². The van der Waals surface area contributed by atoms with Crippen LogP contribution >= 0.6 is 15.9 Å². The molecule has 0 spiro atoms. The average Bonchev–Trinajstić information content (AvgIpc) is 2.16. The van der Waals surface area contributed by atoms with Gasteiger partial charge in [-0.1, -0.05) is 35.7 Å². The van der Waals surface area contributed by atoms with Gasteiger partial charge in [0.25, 0.3) is 0 Å². The third-order valence-corrected chi connectivity index (χ3v) is 2.31. The summed E-state index contributed by atoms with van der Waals surface area (Å²) in [6.07, 6.45) is 0.531. The lowest BCUT2D eigenvalue weighted by Crippen LogP contribution is -1.98. The molecule has 2 heteroatoms. The Balaban J connectivity index is 2.65. The number of carbonyl (C=O) groups excluding carboxylic acids is 1. The molecule has 0 N–H and O–H groups in total. The van der Waals surface area contributed by atoms with E-state index in [0.29, 0.717) is 12.3 Å². The molecular formula is C13H13BrO. The second-order valence-electron chi connectivity index (χ2n) is 3.78. The van der Waals surface area contributed by atoms with Gasteiger partial charge in [-0.2, -0.15) is 0 Å². The van der Waals surface area contributed by atoms with Crippen LogP contribution in [0, 0.1) is 17.8 Å². The molecule has 0 radical (unpaired) electrons. The van der Waals surface area contributed by atoms with Crippen molar-refractivity contribution in [3.63, 3.8) is 0 Å². The van der Waals surface area contributed by atoms with Gasteiger partial charge in [0.15, 0.2) is 0 Å². The quantitative estimate of drug-likeness (QED) is 0.749. The van der Waals surface area contributed by atoms with E-state index in [1.807, 2.05) is 38.1 Å². The molecule has 0 amide bonds. The van der Waals surface area contributed by atoms with Gasteiger partial charge in [0.2, 0.25) is 5.78 Å². The smallest absolute Gasteiger partial charge is 0.206 e. The zero-order chi connectivity index (χ0) is 11.3. The van der Waals surface area contributed by atoms with E-state index in [2.05, 4.69) is 27.8 Å². The maximum Gasteiger partial charge on any atom is 0.206 e. The molecule has 1 aromatic carbocycles. The summed E-state index contributed by atoms with van der Waals surface area (Å²) in [5.74, 6) is 5.88. The first-order chi connectivity index (χ1) is 7.08. The molecule has 0 saturated heterocycles. The lowest BCUT2D eigenvalue weighted by Gasteiger charge is -1.96. The molecule has 0 aliphatic carbocycles. The van der Waals surface area contributed by atoms with Gasteiger partial charge in [0, 0.05) is 16.5 Å². The van der Waals surface area contributed by atoms with Crippen molar-refractivity contribution in [1.29, 1.82) is 0 Å². The van der Waals surface area contributed by atoms with E-state index in [0.717, 1.165) is 10.0 Å². The number of hydrogen-bond donors (Lipinski definition) is 0. The molecule has 1 nitrogen and oxygen atoms in total. The van der Waals surface area contributed by atoms with E-state index in [1.54, 1.807) is 0 Å². The van der Waals surface area contributed by atoms with Crippen LogP contribution in [0.25, 0.3) is 0 Å². The summed E-state index contributed by atoms with van der Waals surface area (Å²) in [7, 11) is 0. The Labute approximate surface area is 99.0 Å². The summed E-state index contributed by atoms with van der Waals surface area (Å²) in [5.41, 5.74) is 0.871. The summed E-state index contributed by atoms with van der Waals surface area (Å²) in [4.78, 5) is 11.3. The van der Waals surface area contributed by atoms with Crippen molar-refractivity contribution in [2.45, 2.75) is 20.3 Å². The Morgan fingerprint density at radius 3 is 2.47 bits per heavy atom. The second-order valence-corrected chi connectivity index (χ2v) is 4.69. The topological polar surface area (TPSA) is 17.1 Å². The van der Waals surface area contributed by atoms with Crippen LogP contribution in [0.4, 0.5) is 0 Å². The normalized spacial score (nSPS) is 9.60. The summed E-state index contributed by atoms with van der Waals surface area (Å²) >= 11 is 3.34. The molecule has 0 atom stereocenters. The summed E-state index contributed by atoms with van der Waals surface area (Å²) in [6, 6.07) is 7.60. The van der Waals surface area contributed by atoms with Crippen LogP contribution in [-0.2, 0) is 4.79 Å². The van der Waals surface area contributed by atoms with Gasteiger partial charge in [0.05, 0.1) is 0 Å². The lowest BCUT2D eigenvalue weighted by molar-refractivity contribution is -0.114. The number of carbonyl (C=O) groups is 1. The highest BCUT2D eigenvalue weighted by Crippen LogP contribution is 2.09. The van der Waals surface area contributed by atoms with Gasteiger partial charge in [0.1, 0.15) is 0 Å². The molecule has 0 aliphatic heterocycles. The lowest BCUT2D eigenvalue weighted by atomic mass is 10.1. The Morgan fingerprint density at radius 2 is 1.93 bits per heavy atom. The molecular weight excluding hydrogens is 252 g/mol. The van der Waals surface area contributed by atoms with Crippen molar-refractivity contribution >= 4 is 21.7 Å². The molecule has 0 heterocycles. The van der Waals surface area contributed by atoms with Crippen LogP contribution in [0.3, 0.4) is 0 Å². The Hall–Kier alpha value is -1.07. The van der Waals surface area contributed by atoms with E-state index >= 15 is 0 Å². The van der Waals surface area contributed by atoms with Crippen molar-refractivity contribution in [2.75, 3.05) is 0 Å². The van der Waals surface area contributed by atoms with Crippen molar-refractivity contribution in [2.24, 2.45) is 5.92 Å². The van der Waals surface area contributed by atoms with Crippen LogP contribution in [-0.4, -0.2) is 5.78 Å². The molecule has 0 saturated carbocycles. The fourth-order valence-electron chi connectivity index (χ4n) is 1.10. The number of rotatable bonds is 2. The van der Waals surface area contributed by atoms with Crippen LogP contribution in [0.1, 0.15) is 25.8 Å². The Kier molecular flexibility index (Phi) is 4.58. The number of ketones is 1. The fraction of sp³-hybridized carbons (Fsp3) is 0.308. The van der Waals surface area contributed by atoms with Crippen molar-refractivity contribution in [3.05, 3.63) is 34.3 Å². The summed E-state index contributed by atoms with van der Waals surface area (Å²) < 4.78 is 1.02. The first-order valence-corrected chi connectivity index (χ1v) is 5.67. The van der Waals surface area contributed by atoms with E-state index < -0.39 is 0 Å². The third kappa shape index (κ3) is 4.80. The number of halogens is 1. The van der Waals surface area contributed by atoms with Crippen molar-refractivity contribution in [1.82, 2.24) is 0 Å². The SMILES string of the molecule is CC(C)CC(=O)C#Cc1ccc(Br)cc1. The molecule has 78 valence electrons. The van der Waals surface area contributed by atoms with Crippen molar-refractivity contribution in [3.8, 4) is 11.8 Å². The summed E-state index contributed by atoms with van der Waals surface area (Å²) in [5, 5.41) is 0. The highest BCUT2D eigenvalue weighted by atomic mass is 79.9. The first kappa shape index (κ1) is 12.0. The first-order valence-electron chi connectivity index (χ1n) is 4.88. The van der Waals surface area contributed by atoms with Crippen molar-refractivity contribution < 1.29 is 4.79 Å². The monoisotopic (exact) mass is 264 g/mol. The molecule has 1 aromatic rings. The highest BCUT2D eigenvalue weighted by molar-refractivity contribution is 9.10. The van der Waals surface area contributed by atoms with Gasteiger partial charge in [-0.15, -0.1) is 0 Å². The maximum atomic E-state index is 11.3. The van der Waals surface area contributed by atoms with Crippen LogP contribution in [0.5, 0.6) is 0 Å². The zero-order valence-electron chi connectivity index (χ0n) is 8.88. The largest absolute Gasteiger partial charge is 0.285 e. The number of Topliss-reactive ketones (excluding diaryl/α,β-unsaturated/α-hetero) is 1. The Morgan fingerprint density at radius 1 is 1.33 bits per heavy atom. The number of benzene rings is 1. The van der Waals surface area contributed by atoms with E-state index in [-0.39, 0.29) is 5.78 Å². The van der Waals surface area contributed by atoms with Crippen LogP contribution in [0.2, 0.25) is 0 Å². The molecule has 0 aromatic heterocycles. The predicted octanol–water partition coefficient (Wildman–Crippen LogP) is 3.42. The minimum atomic E-state index is 0.00733. The average molecular weight is 265 g/mol. The minimum Gasteiger partial charge on any atom is -0.285 e. The Bertz CT molecular complexity index is 393. The number of hydrogen-bond acceptors (Lipinski definition) is 1. The third-order valence-electron chi connectivity index (χ3n) is 1.78. The van der Waals surface area contributed by atoms with Crippen LogP contribution < -0.4 is 0 Å². The standard InChI is InChI=1S/C13H13BrO/c1-10(2)9-13(15)8-5-11-3-6-12(14)7-4-11/h3-4,6-7,10H,9H2,1-2H3. The molecule has 0 unspecified atom stereocenters. The molecule has 0 aliphatic rings. The van der Waals surface area contributed by atoms with E-state index in [4.69, 9.17) is 0 Å². The predicted molar refractivity (Wildman–Crippen MR) is 65.5 cm³/mol. The maximum absolute atomic E-state index is 11.3. The fourth-order valence-corrected chi connectivity index (χ4v) is 1.36. The molecule has 0 fully saturated rings. The second kappa shape index (κ2) is 5.72. The van der Waals surface area contributed by atoms with E-state index in [1.165, 1.54) is 0 Å². The molecule has 15 heavy (non-hydrogen) atoms. The molecule has 0 bridgehead atoms. The van der Waals surface area contributed by atoms with Gasteiger partial charge in [-0.25, -0.2) is 0 Å². The van der Waals surface area contributed by atoms with Crippen LogP contribution in [0.15, 0.2) is 28.7 Å². The van der Waals surface area contributed by atoms with Gasteiger partial charge < -0.3 is 0 Å². The zero-order valence-corrected chi connectivity index (χ0v) is 10.5. The summed E-state index contributed by atoms with van der Waals surface area (Å²) in [6.45, 7) is 4.03. The van der Waals surface area contributed by atoms with Gasteiger partial charge in [-0.05, 0) is 36.1 Å². The van der Waals surface area contributed by atoms with E-state index in [9.17, 15) is 4.79 Å². The molecule has 1 rings (SSSR count). The highest BCUT2D eigenvalue weighted by Gasteiger charge is 2.00. The minimum absolute atomic E-state index is 0.00733. The van der Waals surface area contributed by atoms with Gasteiger partial charge in [-0.3, -0.25) is 4.79 Å².